The topological polar surface area (TPSA) is 67.4 Å². The predicted octanol–water partition coefficient (Wildman–Crippen LogP) is 1.81. The normalized spacial score (nSPS) is 9.62. The van der Waals surface area contributed by atoms with Crippen LogP contribution in [0.15, 0.2) is 24.3 Å². The highest BCUT2D eigenvalue weighted by atomic mass is 35.5. The molecule has 2 N–H and O–H groups in total. The lowest BCUT2D eigenvalue weighted by atomic mass is 10.1. The van der Waals surface area contributed by atoms with Gasteiger partial charge in [-0.15, -0.1) is 12.4 Å². The third-order valence-electron chi connectivity index (χ3n) is 2.66. The van der Waals surface area contributed by atoms with Crippen LogP contribution in [-0.2, 0) is 4.79 Å². The number of Topliss-reactive ketones (excluding diaryl/α,β-unsaturated/α-hetero) is 1. The first-order chi connectivity index (χ1) is 9.63. The van der Waals surface area contributed by atoms with E-state index in [1.807, 2.05) is 0 Å². The molecule has 1 rings (SSSR count). The fourth-order valence-corrected chi connectivity index (χ4v) is 1.60. The van der Waals surface area contributed by atoms with Crippen LogP contribution in [0.2, 0.25) is 0 Å². The third-order valence-corrected chi connectivity index (χ3v) is 2.66. The number of ether oxygens (including phenoxy) is 1. The van der Waals surface area contributed by atoms with E-state index >= 15 is 0 Å². The summed E-state index contributed by atoms with van der Waals surface area (Å²) in [7, 11) is 0. The minimum absolute atomic E-state index is 0. The van der Waals surface area contributed by atoms with Gasteiger partial charge in [0.05, 0.1) is 0 Å². The Balaban J connectivity index is 0.00000400. The minimum Gasteiger partial charge on any atom is -0.484 e. The molecule has 6 heteroatoms. The zero-order valence-electron chi connectivity index (χ0n) is 12.5. The van der Waals surface area contributed by atoms with Gasteiger partial charge in [-0.3, -0.25) is 9.59 Å². The first-order valence-corrected chi connectivity index (χ1v) is 6.84. The van der Waals surface area contributed by atoms with Crippen LogP contribution in [0, 0.1) is 0 Å². The maximum Gasteiger partial charge on any atom is 0.257 e. The van der Waals surface area contributed by atoms with E-state index in [2.05, 4.69) is 17.6 Å². The highest BCUT2D eigenvalue weighted by Gasteiger charge is 2.04. The van der Waals surface area contributed by atoms with Crippen LogP contribution in [0.25, 0.3) is 0 Å². The van der Waals surface area contributed by atoms with E-state index in [1.54, 1.807) is 24.3 Å². The SMILES string of the molecule is CCCNCCNC(=O)COc1cccc(C(C)=O)c1.Cl. The molecule has 21 heavy (non-hydrogen) atoms. The lowest BCUT2D eigenvalue weighted by Crippen LogP contribution is -2.35. The number of hydrogen-bond donors (Lipinski definition) is 2. The molecule has 1 aromatic carbocycles. The molecule has 0 aliphatic rings. The number of carbonyl (C=O) groups excluding carboxylic acids is 2. The van der Waals surface area contributed by atoms with Crippen molar-refractivity contribution in [3.05, 3.63) is 29.8 Å². The second-order valence-electron chi connectivity index (χ2n) is 4.47. The van der Waals surface area contributed by atoms with Gasteiger partial charge in [-0.05, 0) is 32.0 Å². The summed E-state index contributed by atoms with van der Waals surface area (Å²) in [6, 6.07) is 6.81. The van der Waals surface area contributed by atoms with Gasteiger partial charge < -0.3 is 15.4 Å². The molecule has 0 spiro atoms. The first-order valence-electron chi connectivity index (χ1n) is 6.84. The van der Waals surface area contributed by atoms with Crippen molar-refractivity contribution in [2.45, 2.75) is 20.3 Å². The van der Waals surface area contributed by atoms with Crippen molar-refractivity contribution < 1.29 is 14.3 Å². The first kappa shape index (κ1) is 19.4. The molecule has 0 atom stereocenters. The molecule has 0 unspecified atom stereocenters. The molecule has 0 aliphatic heterocycles. The van der Waals surface area contributed by atoms with Crippen molar-refractivity contribution in [2.75, 3.05) is 26.2 Å². The van der Waals surface area contributed by atoms with Gasteiger partial charge >= 0.3 is 0 Å². The van der Waals surface area contributed by atoms with Gasteiger partial charge in [0, 0.05) is 18.7 Å². The smallest absolute Gasteiger partial charge is 0.257 e. The molecule has 0 fully saturated rings. The Labute approximate surface area is 131 Å². The zero-order valence-corrected chi connectivity index (χ0v) is 13.3. The average Bonchev–Trinajstić information content (AvgIpc) is 2.45. The number of amides is 1. The Morgan fingerprint density at radius 3 is 2.62 bits per heavy atom. The average molecular weight is 315 g/mol. The van der Waals surface area contributed by atoms with Crippen LogP contribution in [0.3, 0.4) is 0 Å². The summed E-state index contributed by atoms with van der Waals surface area (Å²) in [5.74, 6) is 0.329. The largest absolute Gasteiger partial charge is 0.484 e. The van der Waals surface area contributed by atoms with Gasteiger partial charge in [-0.2, -0.15) is 0 Å². The van der Waals surface area contributed by atoms with Crippen LogP contribution in [-0.4, -0.2) is 37.9 Å². The second kappa shape index (κ2) is 11.1. The molecule has 1 aromatic rings. The summed E-state index contributed by atoms with van der Waals surface area (Å²) in [6.45, 7) is 5.82. The molecular formula is C15H23ClN2O3. The van der Waals surface area contributed by atoms with E-state index in [0.29, 0.717) is 17.9 Å². The summed E-state index contributed by atoms with van der Waals surface area (Å²) in [6.07, 6.45) is 1.07. The van der Waals surface area contributed by atoms with Gasteiger partial charge in [-0.1, -0.05) is 19.1 Å². The Hall–Kier alpha value is -1.59. The lowest BCUT2D eigenvalue weighted by molar-refractivity contribution is -0.123. The van der Waals surface area contributed by atoms with Crippen molar-refractivity contribution in [3.8, 4) is 5.75 Å². The summed E-state index contributed by atoms with van der Waals surface area (Å²) < 4.78 is 5.35. The van der Waals surface area contributed by atoms with Crippen LogP contribution < -0.4 is 15.4 Å². The number of hydrogen-bond acceptors (Lipinski definition) is 4. The van der Waals surface area contributed by atoms with E-state index in [-0.39, 0.29) is 30.7 Å². The van der Waals surface area contributed by atoms with Gasteiger partial charge in [0.25, 0.3) is 5.91 Å². The lowest BCUT2D eigenvalue weighted by Gasteiger charge is -2.08. The Morgan fingerprint density at radius 1 is 1.19 bits per heavy atom. The fourth-order valence-electron chi connectivity index (χ4n) is 1.60. The highest BCUT2D eigenvalue weighted by molar-refractivity contribution is 5.94. The quantitative estimate of drug-likeness (QED) is 0.539. The summed E-state index contributed by atoms with van der Waals surface area (Å²) in [5.41, 5.74) is 0.576. The number of ketones is 1. The van der Waals surface area contributed by atoms with Gasteiger partial charge in [0.1, 0.15) is 5.75 Å². The molecule has 0 saturated carbocycles. The number of rotatable bonds is 9. The summed E-state index contributed by atoms with van der Waals surface area (Å²) >= 11 is 0. The molecular weight excluding hydrogens is 292 g/mol. The monoisotopic (exact) mass is 314 g/mol. The van der Waals surface area contributed by atoms with Gasteiger partial charge in [0.2, 0.25) is 0 Å². The van der Waals surface area contributed by atoms with Crippen molar-refractivity contribution in [1.29, 1.82) is 0 Å². The summed E-state index contributed by atoms with van der Waals surface area (Å²) in [4.78, 5) is 22.8. The molecule has 5 nitrogen and oxygen atoms in total. The van der Waals surface area contributed by atoms with Crippen LogP contribution in [0.4, 0.5) is 0 Å². The number of benzene rings is 1. The van der Waals surface area contributed by atoms with Crippen LogP contribution in [0.1, 0.15) is 30.6 Å². The molecule has 118 valence electrons. The van der Waals surface area contributed by atoms with Crippen molar-refractivity contribution >= 4 is 24.1 Å². The van der Waals surface area contributed by atoms with E-state index in [9.17, 15) is 9.59 Å². The number of halogens is 1. The van der Waals surface area contributed by atoms with Gasteiger partial charge in [0.15, 0.2) is 12.4 Å². The van der Waals surface area contributed by atoms with Gasteiger partial charge in [-0.25, -0.2) is 0 Å². The van der Waals surface area contributed by atoms with E-state index in [0.717, 1.165) is 19.5 Å². The van der Waals surface area contributed by atoms with Crippen LogP contribution in [0.5, 0.6) is 5.75 Å². The molecule has 0 bridgehead atoms. The highest BCUT2D eigenvalue weighted by Crippen LogP contribution is 2.13. The van der Waals surface area contributed by atoms with Crippen molar-refractivity contribution in [1.82, 2.24) is 10.6 Å². The van der Waals surface area contributed by atoms with Crippen molar-refractivity contribution in [3.63, 3.8) is 0 Å². The van der Waals surface area contributed by atoms with Crippen molar-refractivity contribution in [2.24, 2.45) is 0 Å². The van der Waals surface area contributed by atoms with Crippen LogP contribution >= 0.6 is 12.4 Å². The maximum atomic E-state index is 11.5. The molecule has 0 aliphatic carbocycles. The predicted molar refractivity (Wildman–Crippen MR) is 85.4 cm³/mol. The maximum absolute atomic E-state index is 11.5. The minimum atomic E-state index is -0.170. The zero-order chi connectivity index (χ0) is 14.8. The third kappa shape index (κ3) is 8.32. The molecule has 0 heterocycles. The van der Waals surface area contributed by atoms with E-state index in [4.69, 9.17) is 4.74 Å². The fraction of sp³-hybridized carbons (Fsp3) is 0.467. The molecule has 0 aromatic heterocycles. The van der Waals surface area contributed by atoms with E-state index < -0.39 is 0 Å². The Morgan fingerprint density at radius 2 is 1.95 bits per heavy atom. The molecule has 0 radical (unpaired) electrons. The number of carbonyl (C=O) groups is 2. The van der Waals surface area contributed by atoms with E-state index in [1.165, 1.54) is 6.92 Å². The Kier molecular flexibility index (Phi) is 10.3. The molecule has 1 amide bonds. The summed E-state index contributed by atoms with van der Waals surface area (Å²) in [5, 5.41) is 5.95. The number of nitrogens with one attached hydrogen (secondary N) is 2. The standard InChI is InChI=1S/C15H22N2O3.ClH/c1-3-7-16-8-9-17-15(19)11-20-14-6-4-5-13(10-14)12(2)18;/h4-6,10,16H,3,7-9,11H2,1-2H3,(H,17,19);1H. The molecule has 0 saturated heterocycles. The second-order valence-corrected chi connectivity index (χ2v) is 4.47. The Bertz CT molecular complexity index is 452.